The van der Waals surface area contributed by atoms with Crippen molar-refractivity contribution in [3.05, 3.63) is 109 Å². The Morgan fingerprint density at radius 3 is 1.69 bits per heavy atom. The van der Waals surface area contributed by atoms with Crippen LogP contribution in [0.15, 0.2) is 109 Å². The van der Waals surface area contributed by atoms with E-state index in [0.29, 0.717) is 29.3 Å². The van der Waals surface area contributed by atoms with Gasteiger partial charge in [0.1, 0.15) is 0 Å². The maximum absolute atomic E-state index is 10.8. The standard InChI is InChI=1S/C32H36BrO4PSi/c1-3-35-32(36-4-2)39-24-14-23-37-30-22-21-26(34)25-31(30)38(33,27-15-8-5-9-16-27,28-17-10-6-11-18-28)29-19-12-7-13-20-29/h5-13,15-22,25,32,34H,3-4,14,23-24H2,1-2H3. The molecule has 0 aliphatic carbocycles. The second-order valence-corrected chi connectivity index (χ2v) is 18.8. The molecule has 0 saturated heterocycles. The Morgan fingerprint density at radius 2 is 1.23 bits per heavy atom. The SMILES string of the molecule is CCOC(OCC)[Si]CCCOc1ccc(O)cc1P(Br)(c1ccccc1)(c1ccccc1)c1ccccc1. The van der Waals surface area contributed by atoms with Gasteiger partial charge in [0.25, 0.3) is 0 Å². The van der Waals surface area contributed by atoms with Gasteiger partial charge in [0, 0.05) is 0 Å². The summed E-state index contributed by atoms with van der Waals surface area (Å²) in [7, 11) is 0.550. The summed E-state index contributed by atoms with van der Waals surface area (Å²) in [5.41, 5.74) is 0. The molecule has 204 valence electrons. The Morgan fingerprint density at radius 1 is 0.744 bits per heavy atom. The number of benzene rings is 4. The van der Waals surface area contributed by atoms with Gasteiger partial charge in [0.2, 0.25) is 0 Å². The number of aromatic hydroxyl groups is 1. The van der Waals surface area contributed by atoms with E-state index in [1.807, 2.05) is 44.2 Å². The number of halogens is 1. The van der Waals surface area contributed by atoms with Gasteiger partial charge >= 0.3 is 244 Å². The average Bonchev–Trinajstić information content (AvgIpc) is 2.99. The first-order valence-corrected chi connectivity index (χ1v) is 18.9. The van der Waals surface area contributed by atoms with Crippen LogP contribution in [0, 0.1) is 0 Å². The van der Waals surface area contributed by atoms with Gasteiger partial charge in [-0.05, 0) is 0 Å². The summed E-state index contributed by atoms with van der Waals surface area (Å²) in [6.07, 6.45) is 0.871. The molecule has 0 spiro atoms. The monoisotopic (exact) mass is 622 g/mol. The first kappa shape index (κ1) is 29.5. The number of hydrogen-bond donors (Lipinski definition) is 1. The molecule has 4 aromatic carbocycles. The van der Waals surface area contributed by atoms with Gasteiger partial charge in [-0.3, -0.25) is 0 Å². The van der Waals surface area contributed by atoms with E-state index < -0.39 is 5.31 Å². The summed E-state index contributed by atoms with van der Waals surface area (Å²) in [6, 6.07) is 38.0. The van der Waals surface area contributed by atoms with Gasteiger partial charge in [0.05, 0.1) is 0 Å². The zero-order valence-corrected chi connectivity index (χ0v) is 26.0. The minimum atomic E-state index is -3.52. The predicted molar refractivity (Wildman–Crippen MR) is 170 cm³/mol. The molecule has 2 radical (unpaired) electrons. The third kappa shape index (κ3) is 6.16. The molecule has 4 rings (SSSR count). The quantitative estimate of drug-likeness (QED) is 0.0798. The van der Waals surface area contributed by atoms with Crippen LogP contribution >= 0.6 is 20.8 Å². The summed E-state index contributed by atoms with van der Waals surface area (Å²) in [4.78, 5) is 0. The normalized spacial score (nSPS) is 12.7. The van der Waals surface area contributed by atoms with E-state index in [-0.39, 0.29) is 11.7 Å². The number of hydrogen-bond acceptors (Lipinski definition) is 4. The van der Waals surface area contributed by atoms with Crippen LogP contribution in [0.3, 0.4) is 0 Å². The van der Waals surface area contributed by atoms with Crippen LogP contribution in [-0.2, 0) is 9.47 Å². The number of phenols is 1. The van der Waals surface area contributed by atoms with Crippen LogP contribution in [0.4, 0.5) is 0 Å². The van der Waals surface area contributed by atoms with Crippen LogP contribution in [0.5, 0.6) is 11.5 Å². The molecule has 39 heavy (non-hydrogen) atoms. The van der Waals surface area contributed by atoms with Gasteiger partial charge in [-0.25, -0.2) is 0 Å². The Kier molecular flexibility index (Phi) is 10.4. The third-order valence-electron chi connectivity index (χ3n) is 6.64. The molecule has 0 bridgehead atoms. The van der Waals surface area contributed by atoms with E-state index in [0.717, 1.165) is 39.4 Å². The zero-order chi connectivity index (χ0) is 27.6. The van der Waals surface area contributed by atoms with Crippen LogP contribution in [-0.4, -0.2) is 40.4 Å². The van der Waals surface area contributed by atoms with Gasteiger partial charge in [-0.1, -0.05) is 0 Å². The molecule has 7 heteroatoms. The molecule has 0 aliphatic rings. The van der Waals surface area contributed by atoms with Crippen molar-refractivity contribution >= 4 is 51.5 Å². The van der Waals surface area contributed by atoms with Gasteiger partial charge < -0.3 is 0 Å². The molecule has 4 aromatic rings. The van der Waals surface area contributed by atoms with Crippen molar-refractivity contribution in [3.63, 3.8) is 0 Å². The molecule has 0 fully saturated rings. The molecule has 0 unspecified atom stereocenters. The summed E-state index contributed by atoms with van der Waals surface area (Å²) >= 11 is 4.49. The van der Waals surface area contributed by atoms with E-state index in [1.54, 1.807) is 6.07 Å². The topological polar surface area (TPSA) is 47.9 Å². The zero-order valence-electron chi connectivity index (χ0n) is 22.5. The molecule has 4 nitrogen and oxygen atoms in total. The van der Waals surface area contributed by atoms with Crippen molar-refractivity contribution in [1.82, 2.24) is 0 Å². The predicted octanol–water partition coefficient (Wildman–Crippen LogP) is 6.11. The van der Waals surface area contributed by atoms with Crippen molar-refractivity contribution in [1.29, 1.82) is 0 Å². The van der Waals surface area contributed by atoms with E-state index >= 15 is 0 Å². The Hall–Kier alpha value is -2.47. The fourth-order valence-corrected chi connectivity index (χ4v) is 13.9. The van der Waals surface area contributed by atoms with E-state index in [9.17, 15) is 5.11 Å². The Bertz CT molecular complexity index is 1200. The van der Waals surface area contributed by atoms with E-state index in [1.165, 1.54) is 0 Å². The van der Waals surface area contributed by atoms with Crippen molar-refractivity contribution in [3.8, 4) is 11.5 Å². The number of rotatable bonds is 14. The van der Waals surface area contributed by atoms with Crippen LogP contribution in [0.25, 0.3) is 0 Å². The Labute approximate surface area is 242 Å². The van der Waals surface area contributed by atoms with Gasteiger partial charge in [-0.2, -0.15) is 0 Å². The maximum atomic E-state index is 10.8. The van der Waals surface area contributed by atoms with E-state index in [2.05, 4.69) is 88.3 Å². The van der Waals surface area contributed by atoms with Crippen LogP contribution in [0.1, 0.15) is 20.3 Å². The molecular formula is C32H36BrO4PSi. The van der Waals surface area contributed by atoms with Gasteiger partial charge in [0.15, 0.2) is 0 Å². The molecule has 1 N–H and O–H groups in total. The summed E-state index contributed by atoms with van der Waals surface area (Å²) in [6.45, 7) is 5.81. The molecule has 0 aliphatic heterocycles. The van der Waals surface area contributed by atoms with Crippen molar-refractivity contribution < 1.29 is 19.3 Å². The minimum absolute atomic E-state index is 0.149. The van der Waals surface area contributed by atoms with Gasteiger partial charge in [-0.15, -0.1) is 0 Å². The molecule has 0 saturated carbocycles. The molecule has 0 aromatic heterocycles. The van der Waals surface area contributed by atoms with Crippen molar-refractivity contribution in [2.24, 2.45) is 0 Å². The molecular weight excluding hydrogens is 587 g/mol. The average molecular weight is 624 g/mol. The summed E-state index contributed by atoms with van der Waals surface area (Å²) in [5.74, 6) is 0.809. The van der Waals surface area contributed by atoms with Crippen molar-refractivity contribution in [2.45, 2.75) is 32.2 Å². The summed E-state index contributed by atoms with van der Waals surface area (Å²) < 4.78 is 18.0. The van der Waals surface area contributed by atoms with Crippen LogP contribution in [0.2, 0.25) is 6.04 Å². The van der Waals surface area contributed by atoms with Crippen molar-refractivity contribution in [2.75, 3.05) is 19.8 Å². The Balaban J connectivity index is 1.80. The second-order valence-electron chi connectivity index (χ2n) is 9.07. The summed E-state index contributed by atoms with van der Waals surface area (Å²) in [5, 5.41) is 11.7. The number of phenolic OH excluding ortho intramolecular Hbond substituents is 1. The molecule has 0 heterocycles. The first-order chi connectivity index (χ1) is 19.0. The fraction of sp³-hybridized carbons (Fsp3) is 0.250. The van der Waals surface area contributed by atoms with E-state index in [4.69, 9.17) is 14.2 Å². The molecule has 0 amide bonds. The first-order valence-electron chi connectivity index (χ1n) is 13.4. The fourth-order valence-electron chi connectivity index (χ4n) is 4.89. The number of ether oxygens (including phenoxy) is 3. The third-order valence-corrected chi connectivity index (χ3v) is 17.8. The molecule has 0 atom stereocenters. The van der Waals surface area contributed by atoms with Crippen LogP contribution < -0.4 is 26.0 Å². The second kappa shape index (κ2) is 13.7.